The van der Waals surface area contributed by atoms with Gasteiger partial charge in [-0.2, -0.15) is 0 Å². The van der Waals surface area contributed by atoms with Crippen molar-refractivity contribution < 1.29 is 19.0 Å². The Morgan fingerprint density at radius 2 is 1.88 bits per heavy atom. The SMILES string of the molecule is COc1ccc(C[C@@](C)(O)CNC(=O)CCc2ccccc2F)cc1. The molecule has 25 heavy (non-hydrogen) atoms. The first-order valence-corrected chi connectivity index (χ1v) is 8.25. The Bertz CT molecular complexity index is 698. The number of methoxy groups -OCH3 is 1. The van der Waals surface area contributed by atoms with Crippen molar-refractivity contribution in [1.82, 2.24) is 5.32 Å². The number of carbonyl (C=O) groups is 1. The molecule has 134 valence electrons. The number of hydrogen-bond donors (Lipinski definition) is 2. The zero-order chi connectivity index (χ0) is 18.3. The van der Waals surface area contributed by atoms with Crippen molar-refractivity contribution in [2.24, 2.45) is 0 Å². The average Bonchev–Trinajstić information content (AvgIpc) is 2.60. The van der Waals surface area contributed by atoms with E-state index in [2.05, 4.69) is 5.32 Å². The summed E-state index contributed by atoms with van der Waals surface area (Å²) in [7, 11) is 1.60. The van der Waals surface area contributed by atoms with Crippen molar-refractivity contribution in [1.29, 1.82) is 0 Å². The van der Waals surface area contributed by atoms with Crippen LogP contribution in [0.4, 0.5) is 4.39 Å². The third kappa shape index (κ3) is 6.19. The van der Waals surface area contributed by atoms with Gasteiger partial charge < -0.3 is 15.2 Å². The Balaban J connectivity index is 1.79. The second kappa shape index (κ2) is 8.62. The number of rotatable bonds is 8. The largest absolute Gasteiger partial charge is 0.497 e. The predicted molar refractivity (Wildman–Crippen MR) is 95.1 cm³/mol. The Morgan fingerprint density at radius 3 is 2.52 bits per heavy atom. The summed E-state index contributed by atoms with van der Waals surface area (Å²) >= 11 is 0. The maximum Gasteiger partial charge on any atom is 0.220 e. The molecule has 2 rings (SSSR count). The maximum absolute atomic E-state index is 13.5. The molecule has 0 saturated heterocycles. The molecule has 0 aliphatic heterocycles. The Kier molecular flexibility index (Phi) is 6.53. The second-order valence-corrected chi connectivity index (χ2v) is 6.39. The highest BCUT2D eigenvalue weighted by atomic mass is 19.1. The van der Waals surface area contributed by atoms with Crippen molar-refractivity contribution in [2.75, 3.05) is 13.7 Å². The molecule has 0 unspecified atom stereocenters. The molecule has 1 amide bonds. The lowest BCUT2D eigenvalue weighted by molar-refractivity contribution is -0.122. The second-order valence-electron chi connectivity index (χ2n) is 6.39. The van der Waals surface area contributed by atoms with Crippen LogP contribution in [0.1, 0.15) is 24.5 Å². The standard InChI is InChI=1S/C20H24FNO3/c1-20(24,13-15-7-10-17(25-2)11-8-15)14-22-19(23)12-9-16-5-3-4-6-18(16)21/h3-8,10-11,24H,9,12-14H2,1-2H3,(H,22,23)/t20-/m1/s1. The van der Waals surface area contributed by atoms with Crippen LogP contribution in [0.3, 0.4) is 0 Å². The van der Waals surface area contributed by atoms with E-state index in [0.29, 0.717) is 18.4 Å². The number of hydrogen-bond acceptors (Lipinski definition) is 3. The molecule has 0 radical (unpaired) electrons. The van der Waals surface area contributed by atoms with Gasteiger partial charge in [-0.15, -0.1) is 0 Å². The fraction of sp³-hybridized carbons (Fsp3) is 0.350. The van der Waals surface area contributed by atoms with Crippen molar-refractivity contribution in [3.8, 4) is 5.75 Å². The summed E-state index contributed by atoms with van der Waals surface area (Å²) in [5.74, 6) is 0.241. The number of aliphatic hydroxyl groups is 1. The van der Waals surface area contributed by atoms with Crippen LogP contribution in [-0.4, -0.2) is 30.3 Å². The first-order valence-electron chi connectivity index (χ1n) is 8.25. The third-order valence-corrected chi connectivity index (χ3v) is 3.99. The fourth-order valence-electron chi connectivity index (χ4n) is 2.57. The predicted octanol–water partition coefficient (Wildman–Crippen LogP) is 2.88. The van der Waals surface area contributed by atoms with Gasteiger partial charge in [0, 0.05) is 19.4 Å². The zero-order valence-electron chi connectivity index (χ0n) is 14.6. The number of carbonyl (C=O) groups excluding carboxylic acids is 1. The molecule has 5 heteroatoms. The minimum absolute atomic E-state index is 0.134. The number of nitrogens with one attached hydrogen (secondary N) is 1. The van der Waals surface area contributed by atoms with E-state index < -0.39 is 5.60 Å². The quantitative estimate of drug-likeness (QED) is 0.773. The number of aryl methyl sites for hydroxylation is 1. The molecule has 0 aromatic heterocycles. The smallest absolute Gasteiger partial charge is 0.220 e. The molecule has 0 aliphatic rings. The number of ether oxygens (including phenoxy) is 1. The van der Waals surface area contributed by atoms with Crippen LogP contribution in [-0.2, 0) is 17.6 Å². The summed E-state index contributed by atoms with van der Waals surface area (Å²) in [6.45, 7) is 1.81. The summed E-state index contributed by atoms with van der Waals surface area (Å²) in [5.41, 5.74) is 0.399. The van der Waals surface area contributed by atoms with Crippen LogP contribution < -0.4 is 10.1 Å². The lowest BCUT2D eigenvalue weighted by Gasteiger charge is -2.24. The highest BCUT2D eigenvalue weighted by molar-refractivity contribution is 5.76. The maximum atomic E-state index is 13.5. The van der Waals surface area contributed by atoms with E-state index in [-0.39, 0.29) is 24.7 Å². The molecule has 2 aromatic carbocycles. The monoisotopic (exact) mass is 345 g/mol. The van der Waals surface area contributed by atoms with Crippen molar-refractivity contribution in [2.45, 2.75) is 31.8 Å². The van der Waals surface area contributed by atoms with E-state index in [9.17, 15) is 14.3 Å². The van der Waals surface area contributed by atoms with E-state index in [1.165, 1.54) is 6.07 Å². The van der Waals surface area contributed by atoms with Gasteiger partial charge in [0.2, 0.25) is 5.91 Å². The van der Waals surface area contributed by atoms with Gasteiger partial charge in [0.05, 0.1) is 12.7 Å². The van der Waals surface area contributed by atoms with Crippen LogP contribution in [0.2, 0.25) is 0 Å². The van der Waals surface area contributed by atoms with Gasteiger partial charge in [-0.1, -0.05) is 30.3 Å². The number of amides is 1. The van der Waals surface area contributed by atoms with E-state index in [4.69, 9.17) is 4.74 Å². The van der Waals surface area contributed by atoms with Crippen LogP contribution >= 0.6 is 0 Å². The van der Waals surface area contributed by atoms with Crippen LogP contribution in [0.25, 0.3) is 0 Å². The Morgan fingerprint density at radius 1 is 1.20 bits per heavy atom. The highest BCUT2D eigenvalue weighted by Crippen LogP contribution is 2.17. The molecule has 0 aliphatic carbocycles. The lowest BCUT2D eigenvalue weighted by atomic mass is 9.96. The summed E-state index contributed by atoms with van der Waals surface area (Å²) < 4.78 is 18.6. The average molecular weight is 345 g/mol. The Labute approximate surface area is 147 Å². The topological polar surface area (TPSA) is 58.6 Å². The lowest BCUT2D eigenvalue weighted by Crippen LogP contribution is -2.42. The number of benzene rings is 2. The van der Waals surface area contributed by atoms with E-state index in [1.807, 2.05) is 24.3 Å². The highest BCUT2D eigenvalue weighted by Gasteiger charge is 2.22. The van der Waals surface area contributed by atoms with Gasteiger partial charge in [0.1, 0.15) is 11.6 Å². The van der Waals surface area contributed by atoms with Crippen molar-refractivity contribution >= 4 is 5.91 Å². The molecule has 0 bridgehead atoms. The molecule has 2 N–H and O–H groups in total. The Hall–Kier alpha value is -2.40. The summed E-state index contributed by atoms with van der Waals surface area (Å²) in [5, 5.41) is 13.2. The van der Waals surface area contributed by atoms with Gasteiger partial charge >= 0.3 is 0 Å². The minimum atomic E-state index is -1.07. The molecular weight excluding hydrogens is 321 g/mol. The molecule has 4 nitrogen and oxygen atoms in total. The van der Waals surface area contributed by atoms with E-state index in [1.54, 1.807) is 32.2 Å². The first kappa shape index (κ1) is 18.9. The molecule has 0 saturated carbocycles. The molecule has 2 aromatic rings. The van der Waals surface area contributed by atoms with Crippen LogP contribution in [0, 0.1) is 5.82 Å². The molecule has 0 spiro atoms. The van der Waals surface area contributed by atoms with Gasteiger partial charge in [-0.25, -0.2) is 4.39 Å². The summed E-state index contributed by atoms with van der Waals surface area (Å²) in [4.78, 5) is 11.9. The van der Waals surface area contributed by atoms with Crippen molar-refractivity contribution in [3.05, 3.63) is 65.5 Å². The molecule has 0 fully saturated rings. The van der Waals surface area contributed by atoms with E-state index >= 15 is 0 Å². The van der Waals surface area contributed by atoms with Crippen molar-refractivity contribution in [3.63, 3.8) is 0 Å². The van der Waals surface area contributed by atoms with Crippen LogP contribution in [0.15, 0.2) is 48.5 Å². The number of halogens is 1. The van der Waals surface area contributed by atoms with Crippen LogP contribution in [0.5, 0.6) is 5.75 Å². The van der Waals surface area contributed by atoms with E-state index in [0.717, 1.165) is 11.3 Å². The summed E-state index contributed by atoms with van der Waals surface area (Å²) in [6.07, 6.45) is 0.920. The van der Waals surface area contributed by atoms with Gasteiger partial charge in [-0.05, 0) is 42.7 Å². The minimum Gasteiger partial charge on any atom is -0.497 e. The van der Waals surface area contributed by atoms with Gasteiger partial charge in [-0.3, -0.25) is 4.79 Å². The third-order valence-electron chi connectivity index (χ3n) is 3.99. The summed E-state index contributed by atoms with van der Waals surface area (Å²) in [6, 6.07) is 13.8. The zero-order valence-corrected chi connectivity index (χ0v) is 14.6. The van der Waals surface area contributed by atoms with Gasteiger partial charge in [0.15, 0.2) is 0 Å². The molecule has 1 atom stereocenters. The fourth-order valence-corrected chi connectivity index (χ4v) is 2.57. The molecule has 0 heterocycles. The molecular formula is C20H24FNO3. The normalized spacial score (nSPS) is 13.1. The first-order chi connectivity index (χ1) is 11.9. The van der Waals surface area contributed by atoms with Gasteiger partial charge in [0.25, 0.3) is 0 Å².